The number of hydrogen-bond acceptors (Lipinski definition) is 3. The van der Waals surface area contributed by atoms with Crippen LogP contribution in [0.2, 0.25) is 0 Å². The summed E-state index contributed by atoms with van der Waals surface area (Å²) < 4.78 is 25.0. The first-order chi connectivity index (χ1) is 5.95. The predicted molar refractivity (Wildman–Crippen MR) is 37.6 cm³/mol. The second-order valence-electron chi connectivity index (χ2n) is 2.29. The molecule has 72 valence electrons. The van der Waals surface area contributed by atoms with Gasteiger partial charge >= 0.3 is 11.2 Å². The van der Waals surface area contributed by atoms with E-state index in [1.807, 2.05) is 5.10 Å². The van der Waals surface area contributed by atoms with Crippen LogP contribution in [-0.4, -0.2) is 14.7 Å². The van der Waals surface area contributed by atoms with Gasteiger partial charge in [0.1, 0.15) is 0 Å². The van der Waals surface area contributed by atoms with E-state index in [1.165, 1.54) is 0 Å². The van der Waals surface area contributed by atoms with Crippen molar-refractivity contribution in [1.82, 2.24) is 9.78 Å². The molecule has 0 fully saturated rings. The first-order valence-electron chi connectivity index (χ1n) is 3.16. The van der Waals surface area contributed by atoms with Crippen molar-refractivity contribution in [3.05, 3.63) is 26.2 Å². The number of rotatable bonds is 2. The minimum Gasteiger partial charge on any atom is -0.280 e. The topological polar surface area (TPSA) is 80.9 Å². The van der Waals surface area contributed by atoms with Crippen molar-refractivity contribution in [2.45, 2.75) is 6.43 Å². The van der Waals surface area contributed by atoms with Crippen LogP contribution in [0, 0.1) is 10.1 Å². The van der Waals surface area contributed by atoms with Crippen LogP contribution in [-0.2, 0) is 7.05 Å². The van der Waals surface area contributed by atoms with E-state index in [0.29, 0.717) is 4.68 Å². The number of aromatic amines is 1. The van der Waals surface area contributed by atoms with E-state index >= 15 is 0 Å². The van der Waals surface area contributed by atoms with Crippen molar-refractivity contribution in [3.63, 3.8) is 0 Å². The molecule has 13 heavy (non-hydrogen) atoms. The molecular weight excluding hydrogens is 188 g/mol. The summed E-state index contributed by atoms with van der Waals surface area (Å²) in [7, 11) is 1.11. The van der Waals surface area contributed by atoms with Crippen LogP contribution >= 0.6 is 0 Å². The summed E-state index contributed by atoms with van der Waals surface area (Å²) in [6.45, 7) is 0. The molecular formula is C5H5F2N3O3. The number of nitro groups is 1. The summed E-state index contributed by atoms with van der Waals surface area (Å²) in [5.41, 5.74) is -3.13. The van der Waals surface area contributed by atoms with Crippen LogP contribution in [0.5, 0.6) is 0 Å². The lowest BCUT2D eigenvalue weighted by molar-refractivity contribution is -0.387. The van der Waals surface area contributed by atoms with Crippen LogP contribution < -0.4 is 5.56 Å². The highest BCUT2D eigenvalue weighted by molar-refractivity contribution is 5.33. The Kier molecular flexibility index (Phi) is 2.13. The molecule has 0 aliphatic rings. The highest BCUT2D eigenvalue weighted by Gasteiger charge is 2.30. The second kappa shape index (κ2) is 2.96. The maximum atomic E-state index is 12.2. The van der Waals surface area contributed by atoms with Gasteiger partial charge in [-0.1, -0.05) is 0 Å². The first-order valence-corrected chi connectivity index (χ1v) is 3.16. The van der Waals surface area contributed by atoms with E-state index in [-0.39, 0.29) is 0 Å². The molecule has 1 N–H and O–H groups in total. The molecule has 1 rings (SSSR count). The zero-order chi connectivity index (χ0) is 10.2. The smallest absolute Gasteiger partial charge is 0.280 e. The van der Waals surface area contributed by atoms with Crippen LogP contribution in [0.1, 0.15) is 12.1 Å². The third-order valence-corrected chi connectivity index (χ3v) is 1.48. The number of alkyl halides is 2. The van der Waals surface area contributed by atoms with Gasteiger partial charge in [0, 0.05) is 7.05 Å². The zero-order valence-electron chi connectivity index (χ0n) is 6.45. The van der Waals surface area contributed by atoms with Crippen molar-refractivity contribution in [2.24, 2.45) is 7.05 Å². The predicted octanol–water partition coefficient (Wildman–Crippen LogP) is 0.559. The molecule has 6 nitrogen and oxygen atoms in total. The number of nitrogens with one attached hydrogen (secondary N) is 1. The van der Waals surface area contributed by atoms with E-state index in [4.69, 9.17) is 0 Å². The third kappa shape index (κ3) is 1.42. The standard InChI is InChI=1S/C5H5F2N3O3/c1-9-2(4(6)7)3(10(12)13)5(11)8-9/h4H,1H3,(H,8,11). The van der Waals surface area contributed by atoms with Gasteiger partial charge < -0.3 is 0 Å². The van der Waals surface area contributed by atoms with Crippen LogP contribution in [0.4, 0.5) is 14.5 Å². The Labute approximate surface area is 69.9 Å². The van der Waals surface area contributed by atoms with Gasteiger partial charge in [0.15, 0.2) is 5.69 Å². The molecule has 0 aliphatic heterocycles. The summed E-state index contributed by atoms with van der Waals surface area (Å²) in [4.78, 5) is 19.8. The van der Waals surface area contributed by atoms with Gasteiger partial charge in [-0.2, -0.15) is 0 Å². The maximum absolute atomic E-state index is 12.2. The molecule has 0 atom stereocenters. The van der Waals surface area contributed by atoms with Crippen molar-refractivity contribution in [3.8, 4) is 0 Å². The number of aryl methyl sites for hydroxylation is 1. The number of halogens is 2. The summed E-state index contributed by atoms with van der Waals surface area (Å²) >= 11 is 0. The van der Waals surface area contributed by atoms with Gasteiger partial charge in [-0.25, -0.2) is 8.78 Å². The Morgan fingerprint density at radius 2 is 2.15 bits per heavy atom. The molecule has 0 radical (unpaired) electrons. The fraction of sp³-hybridized carbons (Fsp3) is 0.400. The molecule has 0 unspecified atom stereocenters. The Morgan fingerprint density at radius 3 is 2.46 bits per heavy atom. The average molecular weight is 193 g/mol. The lowest BCUT2D eigenvalue weighted by Crippen LogP contribution is -2.06. The molecule has 0 saturated carbocycles. The molecule has 1 aromatic rings. The van der Waals surface area contributed by atoms with Gasteiger partial charge in [-0.05, 0) is 0 Å². The lowest BCUT2D eigenvalue weighted by atomic mass is 10.4. The van der Waals surface area contributed by atoms with Crippen molar-refractivity contribution in [1.29, 1.82) is 0 Å². The normalized spacial score (nSPS) is 10.8. The van der Waals surface area contributed by atoms with Gasteiger partial charge in [-0.15, -0.1) is 0 Å². The minimum absolute atomic E-state index is 0.644. The molecule has 1 heterocycles. The molecule has 0 saturated heterocycles. The summed E-state index contributed by atoms with van der Waals surface area (Å²) in [6, 6.07) is 0. The van der Waals surface area contributed by atoms with Crippen molar-refractivity contribution < 1.29 is 13.7 Å². The fourth-order valence-electron chi connectivity index (χ4n) is 0.967. The third-order valence-electron chi connectivity index (χ3n) is 1.48. The highest BCUT2D eigenvalue weighted by atomic mass is 19.3. The molecule has 0 amide bonds. The Bertz CT molecular complexity index is 394. The van der Waals surface area contributed by atoms with E-state index in [1.54, 1.807) is 0 Å². The van der Waals surface area contributed by atoms with Gasteiger partial charge in [0.05, 0.1) is 4.92 Å². The van der Waals surface area contributed by atoms with E-state index in [0.717, 1.165) is 7.05 Å². The molecule has 8 heteroatoms. The van der Waals surface area contributed by atoms with Gasteiger partial charge in [0.2, 0.25) is 0 Å². The molecule has 0 aliphatic carbocycles. The quantitative estimate of drug-likeness (QED) is 0.550. The Hall–Kier alpha value is -1.73. The van der Waals surface area contributed by atoms with Crippen molar-refractivity contribution >= 4 is 5.69 Å². The monoisotopic (exact) mass is 193 g/mol. The Morgan fingerprint density at radius 1 is 1.62 bits per heavy atom. The maximum Gasteiger partial charge on any atom is 0.361 e. The molecule has 0 bridgehead atoms. The molecule has 0 aromatic carbocycles. The number of H-pyrrole nitrogens is 1. The molecule has 0 spiro atoms. The lowest BCUT2D eigenvalue weighted by Gasteiger charge is -1.97. The van der Waals surface area contributed by atoms with Gasteiger partial charge in [0.25, 0.3) is 6.43 Å². The number of hydrogen-bond donors (Lipinski definition) is 1. The Balaban J connectivity index is 3.47. The zero-order valence-corrected chi connectivity index (χ0v) is 6.45. The summed E-state index contributed by atoms with van der Waals surface area (Å²) in [6.07, 6.45) is -3.05. The average Bonchev–Trinajstić information content (AvgIpc) is 2.24. The SMILES string of the molecule is Cn1[nH]c(=O)c([N+](=O)[O-])c1C(F)F. The van der Waals surface area contributed by atoms with Gasteiger partial charge in [-0.3, -0.25) is 24.7 Å². The van der Waals surface area contributed by atoms with Crippen molar-refractivity contribution in [2.75, 3.05) is 0 Å². The van der Waals surface area contributed by atoms with Crippen LogP contribution in [0.3, 0.4) is 0 Å². The first kappa shape index (κ1) is 9.36. The number of nitrogens with zero attached hydrogens (tertiary/aromatic N) is 2. The largest absolute Gasteiger partial charge is 0.361 e. The fourth-order valence-corrected chi connectivity index (χ4v) is 0.967. The van der Waals surface area contributed by atoms with E-state index in [9.17, 15) is 23.7 Å². The minimum atomic E-state index is -3.05. The summed E-state index contributed by atoms with van der Waals surface area (Å²) in [5, 5.41) is 12.1. The number of aromatic nitrogens is 2. The van der Waals surface area contributed by atoms with Crippen LogP contribution in [0.15, 0.2) is 4.79 Å². The van der Waals surface area contributed by atoms with E-state index in [2.05, 4.69) is 0 Å². The second-order valence-corrected chi connectivity index (χ2v) is 2.29. The van der Waals surface area contributed by atoms with Crippen LogP contribution in [0.25, 0.3) is 0 Å². The molecule has 1 aromatic heterocycles. The van der Waals surface area contributed by atoms with E-state index < -0.39 is 28.3 Å². The highest BCUT2D eigenvalue weighted by Crippen LogP contribution is 2.24. The summed E-state index contributed by atoms with van der Waals surface area (Å²) in [5.74, 6) is 0.